The quantitative estimate of drug-likeness (QED) is 0.0305. The molecule has 0 spiro atoms. The predicted octanol–water partition coefficient (Wildman–Crippen LogP) is -2.60. The maximum Gasteiger partial charge on any atom is 0.243 e. The summed E-state index contributed by atoms with van der Waals surface area (Å²) in [5, 5.41) is 27.4. The van der Waals surface area contributed by atoms with Crippen LogP contribution in [0.25, 0.3) is 0 Å². The highest BCUT2D eigenvalue weighted by Crippen LogP contribution is 2.26. The van der Waals surface area contributed by atoms with Gasteiger partial charge in [-0.25, -0.2) is 0 Å². The molecule has 3 atom stereocenters. The number of hydrogen-bond donors (Lipinski definition) is 9. The molecule has 2 unspecified atom stereocenters. The SMILES string of the molecule is NCCCCC(NC(=O)[C@@H]1CCCN1C(=O)Cc1ccc(O)c(O)c1)C(=O)NC(CCCN=C(N)N)C(=O)NCCOCC(N)=O. The number of amides is 5. The molecule has 1 aliphatic heterocycles. The molecule has 1 aromatic rings. The molecule has 0 radical (unpaired) electrons. The van der Waals surface area contributed by atoms with E-state index in [-0.39, 0.29) is 68.9 Å². The van der Waals surface area contributed by atoms with Crippen LogP contribution in [0.15, 0.2) is 23.2 Å². The summed E-state index contributed by atoms with van der Waals surface area (Å²) in [5.41, 5.74) is 21.9. The first kappa shape index (κ1) is 37.5. The van der Waals surface area contributed by atoms with Crippen molar-refractivity contribution in [3.05, 3.63) is 23.8 Å². The summed E-state index contributed by atoms with van der Waals surface area (Å²) in [4.78, 5) is 69.3. The summed E-state index contributed by atoms with van der Waals surface area (Å²) in [6.45, 7) is 0.711. The van der Waals surface area contributed by atoms with E-state index in [0.717, 1.165) is 0 Å². The Bertz CT molecular complexity index is 1230. The minimum absolute atomic E-state index is 0.0195. The van der Waals surface area contributed by atoms with Gasteiger partial charge in [-0.15, -0.1) is 0 Å². The number of nitrogens with zero attached hydrogens (tertiary/aromatic N) is 2. The molecule has 17 heteroatoms. The van der Waals surface area contributed by atoms with Gasteiger partial charge in [0.2, 0.25) is 29.5 Å². The van der Waals surface area contributed by atoms with Crippen molar-refractivity contribution in [1.82, 2.24) is 20.9 Å². The van der Waals surface area contributed by atoms with Gasteiger partial charge in [0.15, 0.2) is 17.5 Å². The number of guanidine groups is 1. The summed E-state index contributed by atoms with van der Waals surface area (Å²) in [6, 6.07) is 1.24. The first-order valence-electron chi connectivity index (χ1n) is 15.2. The monoisotopic (exact) mass is 649 g/mol. The number of unbranched alkanes of at least 4 members (excludes halogenated alkanes) is 1. The molecular formula is C29H47N9O8. The van der Waals surface area contributed by atoms with Crippen LogP contribution in [0.1, 0.15) is 50.5 Å². The Morgan fingerprint density at radius 2 is 1.70 bits per heavy atom. The number of nitrogens with two attached hydrogens (primary N) is 4. The number of primary amides is 1. The summed E-state index contributed by atoms with van der Waals surface area (Å²) in [5.74, 6) is -3.38. The molecule has 1 aromatic carbocycles. The average Bonchev–Trinajstić information content (AvgIpc) is 3.50. The van der Waals surface area contributed by atoms with Gasteiger partial charge >= 0.3 is 0 Å². The van der Waals surface area contributed by atoms with E-state index in [9.17, 15) is 34.2 Å². The topological polar surface area (TPSA) is 291 Å². The minimum Gasteiger partial charge on any atom is -0.504 e. The maximum absolute atomic E-state index is 13.5. The van der Waals surface area contributed by atoms with Crippen molar-refractivity contribution in [2.45, 2.75) is 69.5 Å². The molecule has 5 amide bonds. The molecule has 1 aliphatic rings. The van der Waals surface area contributed by atoms with Crippen molar-refractivity contribution in [2.24, 2.45) is 27.9 Å². The first-order chi connectivity index (χ1) is 21.9. The second-order valence-electron chi connectivity index (χ2n) is 10.9. The van der Waals surface area contributed by atoms with Crippen LogP contribution in [0.5, 0.6) is 11.5 Å². The number of hydrogen-bond acceptors (Lipinski definition) is 10. The van der Waals surface area contributed by atoms with Crippen molar-refractivity contribution in [3.8, 4) is 11.5 Å². The lowest BCUT2D eigenvalue weighted by molar-refractivity contribution is -0.139. The van der Waals surface area contributed by atoms with Gasteiger partial charge in [0.05, 0.1) is 13.0 Å². The number of aliphatic imine (C=N–C) groups is 1. The average molecular weight is 650 g/mol. The van der Waals surface area contributed by atoms with Gasteiger partial charge in [-0.2, -0.15) is 0 Å². The van der Waals surface area contributed by atoms with E-state index >= 15 is 0 Å². The van der Waals surface area contributed by atoms with Crippen LogP contribution in [0.2, 0.25) is 0 Å². The molecular weight excluding hydrogens is 602 g/mol. The zero-order valence-electron chi connectivity index (χ0n) is 25.9. The molecule has 1 heterocycles. The van der Waals surface area contributed by atoms with Crippen LogP contribution in [0.3, 0.4) is 0 Å². The Labute approximate surface area is 267 Å². The standard InChI is InChI=1S/C29H47N9O8/c30-10-2-1-5-20(27(44)36-19(6-3-11-35-29(32)33)26(43)34-12-14-46-17-24(31)41)37-28(45)21-7-4-13-38(21)25(42)16-18-8-9-22(39)23(40)15-18/h8-9,15,19-21,39-40H,1-7,10-14,16-17,30H2,(H2,31,41)(H,34,43)(H,36,44)(H,37,45)(H4,32,33,35)/t19?,20?,21-/m0/s1. The number of phenolic OH excluding ortho intramolecular Hbond substituents is 2. The third-order valence-electron chi connectivity index (χ3n) is 7.22. The first-order valence-corrected chi connectivity index (χ1v) is 15.2. The Morgan fingerprint density at radius 3 is 2.37 bits per heavy atom. The fourth-order valence-electron chi connectivity index (χ4n) is 4.91. The van der Waals surface area contributed by atoms with Gasteiger partial charge in [0.25, 0.3) is 0 Å². The number of likely N-dealkylation sites (tertiary alicyclic amines) is 1. The van der Waals surface area contributed by atoms with Crippen LogP contribution in [0, 0.1) is 0 Å². The Morgan fingerprint density at radius 1 is 0.978 bits per heavy atom. The number of benzene rings is 1. The largest absolute Gasteiger partial charge is 0.504 e. The number of phenols is 2. The van der Waals surface area contributed by atoms with Crippen LogP contribution >= 0.6 is 0 Å². The van der Waals surface area contributed by atoms with Gasteiger partial charge in [0.1, 0.15) is 24.7 Å². The van der Waals surface area contributed by atoms with Crippen LogP contribution in [-0.4, -0.2) is 108 Å². The van der Waals surface area contributed by atoms with E-state index in [1.165, 1.54) is 23.1 Å². The summed E-state index contributed by atoms with van der Waals surface area (Å²) in [6.07, 6.45) is 2.77. The van der Waals surface area contributed by atoms with E-state index in [1.807, 2.05) is 0 Å². The summed E-state index contributed by atoms with van der Waals surface area (Å²) < 4.78 is 5.06. The molecule has 0 aliphatic carbocycles. The molecule has 17 nitrogen and oxygen atoms in total. The molecule has 1 fully saturated rings. The third kappa shape index (κ3) is 13.2. The molecule has 1 saturated heterocycles. The van der Waals surface area contributed by atoms with Crippen molar-refractivity contribution in [2.75, 3.05) is 39.4 Å². The molecule has 46 heavy (non-hydrogen) atoms. The van der Waals surface area contributed by atoms with Gasteiger partial charge < -0.3 is 58.7 Å². The highest BCUT2D eigenvalue weighted by atomic mass is 16.5. The lowest BCUT2D eigenvalue weighted by Crippen LogP contribution is -2.56. The number of carbonyl (C=O) groups is 5. The molecule has 13 N–H and O–H groups in total. The van der Waals surface area contributed by atoms with Crippen molar-refractivity contribution < 1.29 is 38.9 Å². The van der Waals surface area contributed by atoms with Crippen molar-refractivity contribution in [1.29, 1.82) is 0 Å². The van der Waals surface area contributed by atoms with Crippen molar-refractivity contribution >= 4 is 35.5 Å². The van der Waals surface area contributed by atoms with Gasteiger partial charge in [0, 0.05) is 19.6 Å². The normalized spacial score (nSPS) is 15.4. The van der Waals surface area contributed by atoms with Gasteiger partial charge in [-0.1, -0.05) is 6.07 Å². The Balaban J connectivity index is 2.11. The van der Waals surface area contributed by atoms with E-state index in [2.05, 4.69) is 20.9 Å². The zero-order valence-corrected chi connectivity index (χ0v) is 25.9. The van der Waals surface area contributed by atoms with E-state index in [4.69, 9.17) is 27.7 Å². The minimum atomic E-state index is -1.02. The lowest BCUT2D eigenvalue weighted by Gasteiger charge is -2.27. The number of nitrogens with one attached hydrogen (secondary N) is 3. The summed E-state index contributed by atoms with van der Waals surface area (Å²) in [7, 11) is 0. The third-order valence-corrected chi connectivity index (χ3v) is 7.22. The van der Waals surface area contributed by atoms with Gasteiger partial charge in [-0.3, -0.25) is 29.0 Å². The molecule has 0 bridgehead atoms. The summed E-state index contributed by atoms with van der Waals surface area (Å²) >= 11 is 0. The van der Waals surface area contributed by atoms with E-state index in [0.29, 0.717) is 50.8 Å². The predicted molar refractivity (Wildman–Crippen MR) is 168 cm³/mol. The van der Waals surface area contributed by atoms with Crippen LogP contribution in [-0.2, 0) is 35.1 Å². The smallest absolute Gasteiger partial charge is 0.243 e. The fourth-order valence-corrected chi connectivity index (χ4v) is 4.91. The second-order valence-corrected chi connectivity index (χ2v) is 10.9. The van der Waals surface area contributed by atoms with E-state index < -0.39 is 41.8 Å². The van der Waals surface area contributed by atoms with Gasteiger partial charge in [-0.05, 0) is 69.2 Å². The number of aromatic hydroxyl groups is 2. The zero-order chi connectivity index (χ0) is 34.1. The number of rotatable bonds is 20. The number of ether oxygens (including phenoxy) is 1. The second kappa shape index (κ2) is 19.7. The lowest BCUT2D eigenvalue weighted by atomic mass is 10.0. The van der Waals surface area contributed by atoms with Crippen molar-refractivity contribution in [3.63, 3.8) is 0 Å². The molecule has 256 valence electrons. The molecule has 2 rings (SSSR count). The molecule has 0 saturated carbocycles. The van der Waals surface area contributed by atoms with Crippen LogP contribution < -0.4 is 38.9 Å². The highest BCUT2D eigenvalue weighted by Gasteiger charge is 2.36. The fraction of sp³-hybridized carbons (Fsp3) is 0.586. The van der Waals surface area contributed by atoms with E-state index in [1.54, 1.807) is 0 Å². The number of carbonyl (C=O) groups excluding carboxylic acids is 5. The highest BCUT2D eigenvalue weighted by molar-refractivity contribution is 5.94. The Kier molecular flexibility index (Phi) is 16.1. The molecule has 0 aromatic heterocycles. The Hall–Kier alpha value is -4.64. The maximum atomic E-state index is 13.5. The van der Waals surface area contributed by atoms with Crippen LogP contribution in [0.4, 0.5) is 0 Å².